The topological polar surface area (TPSA) is 71.5 Å². The van der Waals surface area contributed by atoms with Gasteiger partial charge in [0.25, 0.3) is 5.91 Å². The predicted molar refractivity (Wildman–Crippen MR) is 101 cm³/mol. The van der Waals surface area contributed by atoms with Crippen LogP contribution in [0.3, 0.4) is 0 Å². The fraction of sp³-hybridized carbons (Fsp3) is 0.316. The van der Waals surface area contributed by atoms with Gasteiger partial charge in [-0.15, -0.1) is 0 Å². The third-order valence-corrected chi connectivity index (χ3v) is 5.02. The van der Waals surface area contributed by atoms with Crippen molar-refractivity contribution in [3.05, 3.63) is 53.7 Å². The Balaban J connectivity index is 1.64. The van der Waals surface area contributed by atoms with Crippen LogP contribution in [-0.4, -0.2) is 42.8 Å². The SMILES string of the molecule is COCCCNC(=O)c1ccc(CN2C(=O)CSc3ncccc32)cc1. The molecule has 0 spiro atoms. The molecule has 0 bridgehead atoms. The van der Waals surface area contributed by atoms with Crippen LogP contribution >= 0.6 is 11.8 Å². The summed E-state index contributed by atoms with van der Waals surface area (Å²) in [6.07, 6.45) is 2.52. The monoisotopic (exact) mass is 371 g/mol. The van der Waals surface area contributed by atoms with Crippen LogP contribution < -0.4 is 10.2 Å². The standard InChI is InChI=1S/C19H21N3O3S/c1-25-11-3-10-20-18(24)15-7-5-14(6-8-15)12-22-16-4-2-9-21-19(16)26-13-17(22)23/h2,4-9H,3,10-13H2,1H3,(H,20,24). The number of benzene rings is 1. The first-order valence-corrected chi connectivity index (χ1v) is 9.42. The van der Waals surface area contributed by atoms with Crippen molar-refractivity contribution < 1.29 is 14.3 Å². The lowest BCUT2D eigenvalue weighted by atomic mass is 10.1. The molecule has 3 rings (SSSR count). The molecule has 6 nitrogen and oxygen atoms in total. The number of rotatable bonds is 7. The number of methoxy groups -OCH3 is 1. The van der Waals surface area contributed by atoms with Crippen molar-refractivity contribution in [3.63, 3.8) is 0 Å². The van der Waals surface area contributed by atoms with Gasteiger partial charge >= 0.3 is 0 Å². The minimum atomic E-state index is -0.104. The van der Waals surface area contributed by atoms with Crippen LogP contribution in [0.15, 0.2) is 47.6 Å². The lowest BCUT2D eigenvalue weighted by Crippen LogP contribution is -2.35. The molecule has 26 heavy (non-hydrogen) atoms. The van der Waals surface area contributed by atoms with Gasteiger partial charge in [-0.3, -0.25) is 9.59 Å². The first kappa shape index (κ1) is 18.4. The van der Waals surface area contributed by atoms with Crippen molar-refractivity contribution in [1.82, 2.24) is 10.3 Å². The van der Waals surface area contributed by atoms with E-state index in [1.165, 1.54) is 11.8 Å². The van der Waals surface area contributed by atoms with Crippen LogP contribution in [0.4, 0.5) is 5.69 Å². The van der Waals surface area contributed by atoms with Crippen LogP contribution in [0, 0.1) is 0 Å². The highest BCUT2D eigenvalue weighted by Crippen LogP contribution is 2.33. The lowest BCUT2D eigenvalue weighted by Gasteiger charge is -2.28. The summed E-state index contributed by atoms with van der Waals surface area (Å²) in [7, 11) is 1.64. The first-order chi connectivity index (χ1) is 12.7. The Morgan fingerprint density at radius 3 is 2.88 bits per heavy atom. The largest absolute Gasteiger partial charge is 0.385 e. The number of pyridine rings is 1. The summed E-state index contributed by atoms with van der Waals surface area (Å²) in [6, 6.07) is 11.1. The van der Waals surface area contributed by atoms with Crippen LogP contribution in [0.25, 0.3) is 0 Å². The van der Waals surface area contributed by atoms with Gasteiger partial charge in [0.2, 0.25) is 5.91 Å². The maximum absolute atomic E-state index is 12.3. The first-order valence-electron chi connectivity index (χ1n) is 8.43. The number of hydrogen-bond donors (Lipinski definition) is 1. The molecule has 1 aromatic carbocycles. The van der Waals surface area contributed by atoms with Gasteiger partial charge in [0.15, 0.2) is 0 Å². The highest BCUT2D eigenvalue weighted by Gasteiger charge is 2.25. The Hall–Kier alpha value is -2.38. The average Bonchev–Trinajstić information content (AvgIpc) is 2.68. The van der Waals surface area contributed by atoms with Gasteiger partial charge in [-0.25, -0.2) is 4.98 Å². The van der Waals surface area contributed by atoms with E-state index in [1.54, 1.807) is 30.3 Å². The van der Waals surface area contributed by atoms with Crippen molar-refractivity contribution in [2.24, 2.45) is 0 Å². The number of thioether (sulfide) groups is 1. The molecule has 0 aliphatic carbocycles. The summed E-state index contributed by atoms with van der Waals surface area (Å²) >= 11 is 1.46. The molecule has 0 unspecified atom stereocenters. The number of nitrogens with one attached hydrogen (secondary N) is 1. The number of hydrogen-bond acceptors (Lipinski definition) is 5. The van der Waals surface area contributed by atoms with Crippen molar-refractivity contribution in [2.75, 3.05) is 30.9 Å². The molecule has 0 radical (unpaired) electrons. The fourth-order valence-corrected chi connectivity index (χ4v) is 3.56. The molecule has 7 heteroatoms. The number of carbonyl (C=O) groups is 2. The van der Waals surface area contributed by atoms with Crippen LogP contribution in [-0.2, 0) is 16.1 Å². The van der Waals surface area contributed by atoms with Gasteiger partial charge in [0, 0.05) is 32.0 Å². The Morgan fingerprint density at radius 1 is 1.31 bits per heavy atom. The number of nitrogens with zero attached hydrogens (tertiary/aromatic N) is 2. The second-order valence-electron chi connectivity index (χ2n) is 5.90. The normalized spacial score (nSPS) is 13.4. The number of anilines is 1. The third kappa shape index (κ3) is 4.42. The molecule has 1 aliphatic rings. The van der Waals surface area contributed by atoms with Gasteiger partial charge < -0.3 is 15.0 Å². The second-order valence-corrected chi connectivity index (χ2v) is 6.86. The molecule has 1 aliphatic heterocycles. The van der Waals surface area contributed by atoms with E-state index < -0.39 is 0 Å². The van der Waals surface area contributed by atoms with E-state index in [-0.39, 0.29) is 11.8 Å². The molecule has 0 atom stereocenters. The Bertz CT molecular complexity index is 780. The van der Waals surface area contributed by atoms with Gasteiger partial charge in [-0.1, -0.05) is 23.9 Å². The smallest absolute Gasteiger partial charge is 0.251 e. The second kappa shape index (κ2) is 8.82. The van der Waals surface area contributed by atoms with Crippen LogP contribution in [0.1, 0.15) is 22.3 Å². The Kier molecular flexibility index (Phi) is 6.25. The number of carbonyl (C=O) groups excluding carboxylic acids is 2. The Morgan fingerprint density at radius 2 is 2.12 bits per heavy atom. The van der Waals surface area contributed by atoms with E-state index in [1.807, 2.05) is 24.3 Å². The van der Waals surface area contributed by atoms with Crippen molar-refractivity contribution in [1.29, 1.82) is 0 Å². The Labute approximate surface area is 156 Å². The highest BCUT2D eigenvalue weighted by atomic mass is 32.2. The van der Waals surface area contributed by atoms with Crippen LogP contribution in [0.5, 0.6) is 0 Å². The summed E-state index contributed by atoms with van der Waals surface area (Å²) in [5.41, 5.74) is 2.42. The molecule has 0 fully saturated rings. The van der Waals surface area contributed by atoms with Crippen molar-refractivity contribution in [3.8, 4) is 0 Å². The fourth-order valence-electron chi connectivity index (χ4n) is 2.68. The van der Waals surface area contributed by atoms with E-state index in [4.69, 9.17) is 4.74 Å². The predicted octanol–water partition coefficient (Wildman–Crippen LogP) is 2.49. The maximum atomic E-state index is 12.3. The quantitative estimate of drug-likeness (QED) is 0.757. The maximum Gasteiger partial charge on any atom is 0.251 e. The molecular weight excluding hydrogens is 350 g/mol. The molecule has 0 saturated carbocycles. The van der Waals surface area contributed by atoms with Crippen LogP contribution in [0.2, 0.25) is 0 Å². The minimum absolute atomic E-state index is 0.0652. The van der Waals surface area contributed by atoms with Gasteiger partial charge in [-0.2, -0.15) is 0 Å². The average molecular weight is 371 g/mol. The van der Waals surface area contributed by atoms with E-state index >= 15 is 0 Å². The zero-order valence-corrected chi connectivity index (χ0v) is 15.4. The van der Waals surface area contributed by atoms with E-state index in [0.717, 1.165) is 22.7 Å². The third-order valence-electron chi connectivity index (χ3n) is 4.04. The lowest BCUT2D eigenvalue weighted by molar-refractivity contribution is -0.116. The molecule has 1 aromatic heterocycles. The van der Waals surface area contributed by atoms with E-state index in [9.17, 15) is 9.59 Å². The molecule has 136 valence electrons. The summed E-state index contributed by atoms with van der Waals surface area (Å²) in [4.78, 5) is 30.5. The molecule has 2 amide bonds. The number of amides is 2. The molecule has 0 saturated heterocycles. The molecular formula is C19H21N3O3S. The van der Waals surface area contributed by atoms with E-state index in [2.05, 4.69) is 10.3 Å². The summed E-state index contributed by atoms with van der Waals surface area (Å²) in [6.45, 7) is 1.67. The summed E-state index contributed by atoms with van der Waals surface area (Å²) < 4.78 is 4.96. The molecule has 1 N–H and O–H groups in total. The number of aromatic nitrogens is 1. The summed E-state index contributed by atoms with van der Waals surface area (Å²) in [5, 5.41) is 3.73. The highest BCUT2D eigenvalue weighted by molar-refractivity contribution is 8.00. The van der Waals surface area contributed by atoms with Crippen molar-refractivity contribution >= 4 is 29.3 Å². The molecule has 2 aromatic rings. The van der Waals surface area contributed by atoms with Gasteiger partial charge in [-0.05, 0) is 36.2 Å². The van der Waals surface area contributed by atoms with Gasteiger partial charge in [0.05, 0.1) is 18.0 Å². The number of ether oxygens (including phenoxy) is 1. The zero-order chi connectivity index (χ0) is 18.4. The zero-order valence-electron chi connectivity index (χ0n) is 14.6. The van der Waals surface area contributed by atoms with Crippen molar-refractivity contribution in [2.45, 2.75) is 18.0 Å². The molecule has 2 heterocycles. The van der Waals surface area contributed by atoms with E-state index in [0.29, 0.717) is 31.0 Å². The number of fused-ring (bicyclic) bond motifs is 1. The summed E-state index contributed by atoms with van der Waals surface area (Å²) in [5.74, 6) is 0.356. The minimum Gasteiger partial charge on any atom is -0.385 e. The van der Waals surface area contributed by atoms with Gasteiger partial charge in [0.1, 0.15) is 5.03 Å².